The first-order valence-electron chi connectivity index (χ1n) is 6.22. The Bertz CT molecular complexity index is 722. The number of carbonyl (C=O) groups is 2. The van der Waals surface area contributed by atoms with E-state index in [-0.39, 0.29) is 5.69 Å². The van der Waals surface area contributed by atoms with E-state index in [1.165, 1.54) is 24.3 Å². The molecular formula is C14H12N4O4. The second kappa shape index (κ2) is 6.84. The highest BCUT2D eigenvalue weighted by atomic mass is 16.6. The van der Waals surface area contributed by atoms with E-state index in [0.29, 0.717) is 11.3 Å². The molecule has 0 atom stereocenters. The molecule has 8 heteroatoms. The normalized spacial score (nSPS) is 10.4. The lowest BCUT2D eigenvalue weighted by molar-refractivity contribution is -0.384. The van der Waals surface area contributed by atoms with Crippen molar-refractivity contribution in [3.05, 3.63) is 70.0 Å². The second-order valence-electron chi connectivity index (χ2n) is 4.21. The van der Waals surface area contributed by atoms with Crippen LogP contribution in [-0.2, 0) is 4.79 Å². The van der Waals surface area contributed by atoms with Crippen molar-refractivity contribution in [2.24, 2.45) is 0 Å². The topological polar surface area (TPSA) is 117 Å². The number of H-pyrrole nitrogens is 1. The second-order valence-corrected chi connectivity index (χ2v) is 4.21. The molecule has 1 heterocycles. The van der Waals surface area contributed by atoms with Crippen LogP contribution < -0.4 is 10.9 Å². The number of nitro benzene ring substituents is 1. The van der Waals surface area contributed by atoms with Gasteiger partial charge in [-0.25, -0.2) is 0 Å². The maximum Gasteiger partial charge on any atom is 0.286 e. The van der Waals surface area contributed by atoms with Gasteiger partial charge in [-0.1, -0.05) is 12.1 Å². The van der Waals surface area contributed by atoms with Crippen LogP contribution in [0.1, 0.15) is 16.1 Å². The predicted molar refractivity (Wildman–Crippen MR) is 78.5 cm³/mol. The molecule has 0 aliphatic rings. The van der Waals surface area contributed by atoms with Gasteiger partial charge in [-0.05, 0) is 23.8 Å². The maximum atomic E-state index is 11.6. The summed E-state index contributed by atoms with van der Waals surface area (Å²) in [6.45, 7) is 0. The quantitative estimate of drug-likeness (QED) is 0.449. The van der Waals surface area contributed by atoms with Crippen LogP contribution in [0.3, 0.4) is 0 Å². The third-order valence-corrected chi connectivity index (χ3v) is 2.65. The third kappa shape index (κ3) is 4.04. The summed E-state index contributed by atoms with van der Waals surface area (Å²) in [6.07, 6.45) is 4.15. The summed E-state index contributed by atoms with van der Waals surface area (Å²) in [6, 6.07) is 9.03. The number of hydrogen-bond donors (Lipinski definition) is 3. The van der Waals surface area contributed by atoms with Gasteiger partial charge in [-0.15, -0.1) is 0 Å². The van der Waals surface area contributed by atoms with Crippen LogP contribution in [0.2, 0.25) is 0 Å². The zero-order valence-electron chi connectivity index (χ0n) is 11.3. The molecular weight excluding hydrogens is 288 g/mol. The van der Waals surface area contributed by atoms with Crippen LogP contribution in [-0.4, -0.2) is 21.7 Å². The number of aromatic amines is 1. The Labute approximate surface area is 125 Å². The third-order valence-electron chi connectivity index (χ3n) is 2.65. The molecule has 1 aromatic heterocycles. The van der Waals surface area contributed by atoms with Crippen molar-refractivity contribution < 1.29 is 14.5 Å². The summed E-state index contributed by atoms with van der Waals surface area (Å²) in [5, 5.41) is 10.6. The highest BCUT2D eigenvalue weighted by molar-refractivity contribution is 5.96. The van der Waals surface area contributed by atoms with Gasteiger partial charge in [0.05, 0.1) is 4.92 Å². The molecule has 3 N–H and O–H groups in total. The fourth-order valence-electron chi connectivity index (χ4n) is 1.61. The molecule has 2 amide bonds. The van der Waals surface area contributed by atoms with E-state index in [1.807, 2.05) is 0 Å². The SMILES string of the molecule is O=C(/C=C/c1cccc([N+](=O)[O-])c1)NNC(=O)c1ccc[nH]1. The number of nitrogens with one attached hydrogen (secondary N) is 3. The maximum absolute atomic E-state index is 11.6. The minimum atomic E-state index is -0.564. The molecule has 22 heavy (non-hydrogen) atoms. The molecule has 0 unspecified atom stereocenters. The van der Waals surface area contributed by atoms with E-state index in [0.717, 1.165) is 6.08 Å². The summed E-state index contributed by atoms with van der Waals surface area (Å²) in [4.78, 5) is 35.9. The zero-order chi connectivity index (χ0) is 15.9. The Morgan fingerprint density at radius 2 is 2.00 bits per heavy atom. The van der Waals surface area contributed by atoms with Crippen LogP contribution in [0.5, 0.6) is 0 Å². The fraction of sp³-hybridized carbons (Fsp3) is 0. The average molecular weight is 300 g/mol. The molecule has 112 valence electrons. The van der Waals surface area contributed by atoms with Crippen LogP contribution in [0.15, 0.2) is 48.7 Å². The molecule has 0 spiro atoms. The monoisotopic (exact) mass is 300 g/mol. The van der Waals surface area contributed by atoms with E-state index in [4.69, 9.17) is 0 Å². The Morgan fingerprint density at radius 3 is 2.68 bits per heavy atom. The first kappa shape index (κ1) is 15.0. The van der Waals surface area contributed by atoms with Crippen LogP contribution in [0.25, 0.3) is 6.08 Å². The summed E-state index contributed by atoms with van der Waals surface area (Å²) in [5.74, 6) is -1.05. The van der Waals surface area contributed by atoms with Crippen molar-refractivity contribution in [3.8, 4) is 0 Å². The molecule has 0 aliphatic carbocycles. The number of amides is 2. The minimum absolute atomic E-state index is 0.0670. The predicted octanol–water partition coefficient (Wildman–Crippen LogP) is 1.40. The van der Waals surface area contributed by atoms with Crippen molar-refractivity contribution in [2.45, 2.75) is 0 Å². The first-order valence-corrected chi connectivity index (χ1v) is 6.22. The number of non-ortho nitro benzene ring substituents is 1. The number of hydrogen-bond acceptors (Lipinski definition) is 4. The average Bonchev–Trinajstić information content (AvgIpc) is 3.05. The Hall–Kier alpha value is -3.42. The fourth-order valence-corrected chi connectivity index (χ4v) is 1.61. The van der Waals surface area contributed by atoms with Gasteiger partial charge in [0.25, 0.3) is 17.5 Å². The van der Waals surface area contributed by atoms with Gasteiger partial charge in [0, 0.05) is 24.4 Å². The summed E-state index contributed by atoms with van der Waals surface area (Å²) in [7, 11) is 0. The summed E-state index contributed by atoms with van der Waals surface area (Å²) >= 11 is 0. The van der Waals surface area contributed by atoms with Gasteiger partial charge in [-0.2, -0.15) is 0 Å². The van der Waals surface area contributed by atoms with Gasteiger partial charge >= 0.3 is 0 Å². The van der Waals surface area contributed by atoms with Crippen molar-refractivity contribution in [3.63, 3.8) is 0 Å². The van der Waals surface area contributed by atoms with Gasteiger partial charge in [0.1, 0.15) is 5.69 Å². The van der Waals surface area contributed by atoms with E-state index in [9.17, 15) is 19.7 Å². The zero-order valence-corrected chi connectivity index (χ0v) is 11.3. The van der Waals surface area contributed by atoms with Gasteiger partial charge in [0.2, 0.25) is 0 Å². The largest absolute Gasteiger partial charge is 0.357 e. The van der Waals surface area contributed by atoms with Crippen molar-refractivity contribution >= 4 is 23.6 Å². The number of nitrogens with zero attached hydrogens (tertiary/aromatic N) is 1. The number of rotatable bonds is 4. The number of aromatic nitrogens is 1. The van der Waals surface area contributed by atoms with Crippen molar-refractivity contribution in [2.75, 3.05) is 0 Å². The molecule has 0 saturated carbocycles. The van der Waals surface area contributed by atoms with Gasteiger partial charge < -0.3 is 4.98 Å². The highest BCUT2D eigenvalue weighted by Crippen LogP contribution is 2.13. The lowest BCUT2D eigenvalue weighted by Gasteiger charge is -2.03. The van der Waals surface area contributed by atoms with Crippen LogP contribution in [0.4, 0.5) is 5.69 Å². The standard InChI is InChI=1S/C14H12N4O4/c19-13(16-17-14(20)12-5-2-8-15-12)7-6-10-3-1-4-11(9-10)18(21)22/h1-9,15H,(H,16,19)(H,17,20)/b7-6+. The lowest BCUT2D eigenvalue weighted by atomic mass is 10.2. The minimum Gasteiger partial charge on any atom is -0.357 e. The molecule has 0 radical (unpaired) electrons. The molecule has 0 bridgehead atoms. The summed E-state index contributed by atoms with van der Waals surface area (Å²) in [5.41, 5.74) is 5.16. The number of hydrazine groups is 1. The molecule has 2 aromatic rings. The van der Waals surface area contributed by atoms with E-state index in [2.05, 4.69) is 15.8 Å². The molecule has 0 aliphatic heterocycles. The summed E-state index contributed by atoms with van der Waals surface area (Å²) < 4.78 is 0. The highest BCUT2D eigenvalue weighted by Gasteiger charge is 2.06. The number of benzene rings is 1. The van der Waals surface area contributed by atoms with Gasteiger partial charge in [0.15, 0.2) is 0 Å². The van der Waals surface area contributed by atoms with E-state index in [1.54, 1.807) is 24.4 Å². The van der Waals surface area contributed by atoms with Crippen molar-refractivity contribution in [1.82, 2.24) is 15.8 Å². The Balaban J connectivity index is 1.90. The van der Waals surface area contributed by atoms with Crippen LogP contribution in [0, 0.1) is 10.1 Å². The Kier molecular flexibility index (Phi) is 4.66. The molecule has 0 saturated heterocycles. The number of nitro groups is 1. The molecule has 0 fully saturated rings. The molecule has 2 rings (SSSR count). The van der Waals surface area contributed by atoms with Gasteiger partial charge in [-0.3, -0.25) is 30.6 Å². The van der Waals surface area contributed by atoms with Crippen LogP contribution >= 0.6 is 0 Å². The van der Waals surface area contributed by atoms with E-state index >= 15 is 0 Å². The van der Waals surface area contributed by atoms with Crippen molar-refractivity contribution in [1.29, 1.82) is 0 Å². The molecule has 8 nitrogen and oxygen atoms in total. The first-order chi connectivity index (χ1) is 10.6. The van der Waals surface area contributed by atoms with E-state index < -0.39 is 16.7 Å². The lowest BCUT2D eigenvalue weighted by Crippen LogP contribution is -2.40. The molecule has 1 aromatic carbocycles. The number of carbonyl (C=O) groups excluding carboxylic acids is 2. The Morgan fingerprint density at radius 1 is 1.18 bits per heavy atom. The smallest absolute Gasteiger partial charge is 0.286 e.